The van der Waals surface area contributed by atoms with E-state index >= 15 is 0 Å². The molecule has 1 aliphatic heterocycles. The van der Waals surface area contributed by atoms with Gasteiger partial charge in [-0.05, 0) is 56.5 Å². The molecule has 1 N–H and O–H groups in total. The maximum atomic E-state index is 5.32. The summed E-state index contributed by atoms with van der Waals surface area (Å²) in [4.78, 5) is 2.69. The molecule has 0 aromatic heterocycles. The van der Waals surface area contributed by atoms with E-state index in [1.807, 2.05) is 7.11 Å². The Morgan fingerprint density at radius 2 is 2.00 bits per heavy atom. The molecule has 3 heteroatoms. The Bertz CT molecular complexity index is 272. The lowest BCUT2D eigenvalue weighted by Crippen LogP contribution is -2.45. The van der Waals surface area contributed by atoms with Crippen LogP contribution in [0.5, 0.6) is 0 Å². The molecular formula is C17H34N2O. The van der Waals surface area contributed by atoms with Crippen molar-refractivity contribution in [3.8, 4) is 0 Å². The summed E-state index contributed by atoms with van der Waals surface area (Å²) in [7, 11) is 1.83. The Balaban J connectivity index is 1.84. The number of rotatable bonds is 7. The third-order valence-corrected chi connectivity index (χ3v) is 5.40. The van der Waals surface area contributed by atoms with Gasteiger partial charge >= 0.3 is 0 Å². The summed E-state index contributed by atoms with van der Waals surface area (Å²) in [6.07, 6.45) is 6.92. The van der Waals surface area contributed by atoms with Crippen molar-refractivity contribution >= 4 is 0 Å². The van der Waals surface area contributed by atoms with Crippen LogP contribution in [0.1, 0.15) is 46.0 Å². The zero-order valence-corrected chi connectivity index (χ0v) is 13.7. The molecule has 2 rings (SSSR count). The van der Waals surface area contributed by atoms with Gasteiger partial charge in [-0.25, -0.2) is 0 Å². The number of nitrogens with zero attached hydrogens (tertiary/aromatic N) is 1. The van der Waals surface area contributed by atoms with E-state index in [9.17, 15) is 0 Å². The van der Waals surface area contributed by atoms with E-state index in [1.165, 1.54) is 51.7 Å². The predicted octanol–water partition coefficient (Wildman–Crippen LogP) is 2.76. The van der Waals surface area contributed by atoms with Gasteiger partial charge in [-0.2, -0.15) is 0 Å². The smallest absolute Gasteiger partial charge is 0.0503 e. The van der Waals surface area contributed by atoms with Gasteiger partial charge in [-0.3, -0.25) is 0 Å². The fourth-order valence-electron chi connectivity index (χ4n) is 4.25. The standard InChI is InChI=1S/C17H34N2O/c1-4-14-6-7-17(18-5-2)16(10-14)12-19-9-8-15(11-19)13-20-3/h14-18H,4-13H2,1-3H3. The second-order valence-corrected chi connectivity index (χ2v) is 6.88. The predicted molar refractivity (Wildman–Crippen MR) is 85.0 cm³/mol. The summed E-state index contributed by atoms with van der Waals surface area (Å²) in [5, 5.41) is 3.74. The molecule has 0 amide bonds. The molecule has 2 aliphatic rings. The van der Waals surface area contributed by atoms with E-state index in [-0.39, 0.29) is 0 Å². The molecular weight excluding hydrogens is 248 g/mol. The molecule has 1 saturated heterocycles. The number of hydrogen-bond acceptors (Lipinski definition) is 3. The van der Waals surface area contributed by atoms with Crippen molar-refractivity contribution in [2.24, 2.45) is 17.8 Å². The lowest BCUT2D eigenvalue weighted by Gasteiger charge is -2.38. The Hall–Kier alpha value is -0.120. The van der Waals surface area contributed by atoms with E-state index in [0.29, 0.717) is 0 Å². The van der Waals surface area contributed by atoms with Crippen molar-refractivity contribution in [2.75, 3.05) is 39.9 Å². The number of nitrogens with one attached hydrogen (secondary N) is 1. The zero-order chi connectivity index (χ0) is 14.4. The van der Waals surface area contributed by atoms with Crippen molar-refractivity contribution in [1.29, 1.82) is 0 Å². The van der Waals surface area contributed by atoms with Crippen molar-refractivity contribution in [3.63, 3.8) is 0 Å². The molecule has 0 radical (unpaired) electrons. The first-order valence-corrected chi connectivity index (χ1v) is 8.71. The highest BCUT2D eigenvalue weighted by molar-refractivity contribution is 4.88. The van der Waals surface area contributed by atoms with Gasteiger partial charge in [-0.1, -0.05) is 20.3 Å². The molecule has 0 spiro atoms. The van der Waals surface area contributed by atoms with E-state index in [2.05, 4.69) is 24.1 Å². The normalized spacial score (nSPS) is 35.5. The Morgan fingerprint density at radius 1 is 1.15 bits per heavy atom. The second kappa shape index (κ2) is 8.35. The minimum atomic E-state index is 0.754. The quantitative estimate of drug-likeness (QED) is 0.777. The average Bonchev–Trinajstić information content (AvgIpc) is 2.89. The summed E-state index contributed by atoms with van der Waals surface area (Å²) < 4.78 is 5.32. The monoisotopic (exact) mass is 282 g/mol. The molecule has 20 heavy (non-hydrogen) atoms. The van der Waals surface area contributed by atoms with Gasteiger partial charge in [-0.15, -0.1) is 0 Å². The molecule has 0 bridgehead atoms. The van der Waals surface area contributed by atoms with Crippen LogP contribution in [0.2, 0.25) is 0 Å². The van der Waals surface area contributed by atoms with Gasteiger partial charge in [0.15, 0.2) is 0 Å². The molecule has 2 fully saturated rings. The van der Waals surface area contributed by atoms with Crippen LogP contribution in [0.3, 0.4) is 0 Å². The van der Waals surface area contributed by atoms with Gasteiger partial charge in [0.05, 0.1) is 6.61 Å². The first-order chi connectivity index (χ1) is 9.76. The molecule has 1 saturated carbocycles. The molecule has 3 nitrogen and oxygen atoms in total. The summed E-state index contributed by atoms with van der Waals surface area (Å²) >= 11 is 0. The van der Waals surface area contributed by atoms with Gasteiger partial charge in [0.25, 0.3) is 0 Å². The third kappa shape index (κ3) is 4.44. The highest BCUT2D eigenvalue weighted by Crippen LogP contribution is 2.33. The first kappa shape index (κ1) is 16.3. The van der Waals surface area contributed by atoms with Crippen LogP contribution >= 0.6 is 0 Å². The van der Waals surface area contributed by atoms with E-state index in [0.717, 1.165) is 36.9 Å². The van der Waals surface area contributed by atoms with Crippen molar-refractivity contribution < 1.29 is 4.74 Å². The Labute approximate surface area is 125 Å². The largest absolute Gasteiger partial charge is 0.384 e. The van der Waals surface area contributed by atoms with Crippen molar-refractivity contribution in [3.05, 3.63) is 0 Å². The van der Waals surface area contributed by atoms with Gasteiger partial charge in [0.1, 0.15) is 0 Å². The van der Waals surface area contributed by atoms with Crippen LogP contribution in [0, 0.1) is 17.8 Å². The molecule has 0 aromatic carbocycles. The summed E-state index contributed by atoms with van der Waals surface area (Å²) in [6.45, 7) is 10.5. The summed E-state index contributed by atoms with van der Waals surface area (Å²) in [6, 6.07) is 0.754. The minimum absolute atomic E-state index is 0.754. The Morgan fingerprint density at radius 3 is 2.70 bits per heavy atom. The third-order valence-electron chi connectivity index (χ3n) is 5.40. The molecule has 1 aliphatic carbocycles. The number of methoxy groups -OCH3 is 1. The highest BCUT2D eigenvalue weighted by atomic mass is 16.5. The highest BCUT2D eigenvalue weighted by Gasteiger charge is 2.32. The van der Waals surface area contributed by atoms with Gasteiger partial charge in [0.2, 0.25) is 0 Å². The molecule has 118 valence electrons. The molecule has 4 atom stereocenters. The van der Waals surface area contributed by atoms with Crippen molar-refractivity contribution in [1.82, 2.24) is 10.2 Å². The maximum Gasteiger partial charge on any atom is 0.0503 e. The van der Waals surface area contributed by atoms with Gasteiger partial charge in [0, 0.05) is 26.2 Å². The zero-order valence-electron chi connectivity index (χ0n) is 13.7. The van der Waals surface area contributed by atoms with Crippen LogP contribution in [0.15, 0.2) is 0 Å². The Kier molecular flexibility index (Phi) is 6.79. The molecule has 4 unspecified atom stereocenters. The second-order valence-electron chi connectivity index (χ2n) is 6.88. The lowest BCUT2D eigenvalue weighted by molar-refractivity contribution is 0.133. The fourth-order valence-corrected chi connectivity index (χ4v) is 4.25. The van der Waals surface area contributed by atoms with E-state index < -0.39 is 0 Å². The maximum absolute atomic E-state index is 5.32. The molecule has 0 aromatic rings. The number of likely N-dealkylation sites (tertiary alicyclic amines) is 1. The van der Waals surface area contributed by atoms with Crippen molar-refractivity contribution in [2.45, 2.75) is 52.0 Å². The van der Waals surface area contributed by atoms with Crippen LogP contribution in [0.25, 0.3) is 0 Å². The summed E-state index contributed by atoms with van der Waals surface area (Å²) in [5.74, 6) is 2.59. The van der Waals surface area contributed by atoms with E-state index in [4.69, 9.17) is 4.74 Å². The first-order valence-electron chi connectivity index (χ1n) is 8.71. The number of hydrogen-bond donors (Lipinski definition) is 1. The number of ether oxygens (including phenoxy) is 1. The topological polar surface area (TPSA) is 24.5 Å². The van der Waals surface area contributed by atoms with Crippen LogP contribution in [-0.4, -0.2) is 50.8 Å². The van der Waals surface area contributed by atoms with Crippen LogP contribution < -0.4 is 5.32 Å². The summed E-state index contributed by atoms with van der Waals surface area (Å²) in [5.41, 5.74) is 0. The lowest BCUT2D eigenvalue weighted by atomic mass is 9.76. The van der Waals surface area contributed by atoms with E-state index in [1.54, 1.807) is 0 Å². The molecule has 1 heterocycles. The van der Waals surface area contributed by atoms with Crippen LogP contribution in [-0.2, 0) is 4.74 Å². The minimum Gasteiger partial charge on any atom is -0.384 e. The SMILES string of the molecule is CCNC1CCC(CC)CC1CN1CCC(COC)C1. The average molecular weight is 282 g/mol. The fraction of sp³-hybridized carbons (Fsp3) is 1.00. The van der Waals surface area contributed by atoms with Crippen LogP contribution in [0.4, 0.5) is 0 Å². The van der Waals surface area contributed by atoms with Gasteiger partial charge < -0.3 is 15.0 Å².